The Morgan fingerprint density at radius 1 is 1.21 bits per heavy atom. The minimum absolute atomic E-state index is 0.00810. The third-order valence-electron chi connectivity index (χ3n) is 4.26. The monoisotopic (exact) mass is 332 g/mol. The summed E-state index contributed by atoms with van der Waals surface area (Å²) in [4.78, 5) is 28.2. The SMILES string of the molecule is CCc1ccccc1NC(=O)CN1CCN(C(=O)CC(C)N)CC1. The second kappa shape index (κ2) is 8.80. The zero-order chi connectivity index (χ0) is 17.5. The molecule has 1 heterocycles. The molecule has 1 fully saturated rings. The van der Waals surface area contributed by atoms with E-state index in [9.17, 15) is 9.59 Å². The number of hydrogen-bond acceptors (Lipinski definition) is 4. The molecule has 1 aliphatic rings. The van der Waals surface area contributed by atoms with Crippen LogP contribution in [0.5, 0.6) is 0 Å². The van der Waals surface area contributed by atoms with Gasteiger partial charge < -0.3 is 16.0 Å². The van der Waals surface area contributed by atoms with E-state index in [0.717, 1.165) is 17.7 Å². The molecule has 1 atom stereocenters. The molecule has 0 aliphatic carbocycles. The number of carbonyl (C=O) groups excluding carboxylic acids is 2. The van der Waals surface area contributed by atoms with E-state index in [1.807, 2.05) is 36.1 Å². The second-order valence-corrected chi connectivity index (χ2v) is 6.40. The summed E-state index contributed by atoms with van der Waals surface area (Å²) in [5, 5.41) is 2.99. The normalized spacial score (nSPS) is 16.7. The van der Waals surface area contributed by atoms with Crippen LogP contribution in [0.15, 0.2) is 24.3 Å². The van der Waals surface area contributed by atoms with E-state index in [1.54, 1.807) is 0 Å². The van der Waals surface area contributed by atoms with Gasteiger partial charge in [0.15, 0.2) is 0 Å². The lowest BCUT2D eigenvalue weighted by atomic mass is 10.1. The zero-order valence-electron chi connectivity index (χ0n) is 14.6. The Balaban J connectivity index is 1.79. The Morgan fingerprint density at radius 2 is 1.88 bits per heavy atom. The minimum atomic E-state index is -0.111. The predicted octanol–water partition coefficient (Wildman–Crippen LogP) is 1.07. The first-order chi connectivity index (χ1) is 11.5. The summed E-state index contributed by atoms with van der Waals surface area (Å²) in [6, 6.07) is 7.75. The largest absolute Gasteiger partial charge is 0.340 e. The highest BCUT2D eigenvalue weighted by molar-refractivity contribution is 5.93. The summed E-state index contributed by atoms with van der Waals surface area (Å²) in [7, 11) is 0. The van der Waals surface area contributed by atoms with Gasteiger partial charge in [-0.2, -0.15) is 0 Å². The van der Waals surface area contributed by atoms with Gasteiger partial charge in [0.25, 0.3) is 0 Å². The van der Waals surface area contributed by atoms with Crippen LogP contribution < -0.4 is 11.1 Å². The van der Waals surface area contributed by atoms with Crippen molar-refractivity contribution >= 4 is 17.5 Å². The van der Waals surface area contributed by atoms with Crippen LogP contribution in [-0.2, 0) is 16.0 Å². The van der Waals surface area contributed by atoms with Crippen LogP contribution in [0.2, 0.25) is 0 Å². The molecule has 0 radical (unpaired) electrons. The van der Waals surface area contributed by atoms with Gasteiger partial charge in [0.1, 0.15) is 0 Å². The fraction of sp³-hybridized carbons (Fsp3) is 0.556. The first kappa shape index (κ1) is 18.4. The molecule has 132 valence electrons. The number of nitrogens with one attached hydrogen (secondary N) is 1. The number of nitrogens with zero attached hydrogens (tertiary/aromatic N) is 2. The third-order valence-corrected chi connectivity index (χ3v) is 4.26. The Labute approximate surface area is 144 Å². The summed E-state index contributed by atoms with van der Waals surface area (Å²) >= 11 is 0. The lowest BCUT2D eigenvalue weighted by molar-refractivity contribution is -0.133. The summed E-state index contributed by atoms with van der Waals surface area (Å²) < 4.78 is 0. The number of nitrogens with two attached hydrogens (primary N) is 1. The number of aryl methyl sites for hydroxylation is 1. The van der Waals surface area contributed by atoms with Crippen LogP contribution in [0.4, 0.5) is 5.69 Å². The van der Waals surface area contributed by atoms with E-state index < -0.39 is 0 Å². The quantitative estimate of drug-likeness (QED) is 0.817. The maximum Gasteiger partial charge on any atom is 0.238 e. The summed E-state index contributed by atoms with van der Waals surface area (Å²) in [5.41, 5.74) is 7.70. The van der Waals surface area contributed by atoms with Crippen LogP contribution in [0.3, 0.4) is 0 Å². The van der Waals surface area contributed by atoms with Crippen molar-refractivity contribution in [3.8, 4) is 0 Å². The van der Waals surface area contributed by atoms with Crippen LogP contribution in [0.1, 0.15) is 25.8 Å². The molecule has 24 heavy (non-hydrogen) atoms. The molecule has 0 bridgehead atoms. The highest BCUT2D eigenvalue weighted by Crippen LogP contribution is 2.15. The van der Waals surface area contributed by atoms with Gasteiger partial charge in [-0.05, 0) is 25.0 Å². The van der Waals surface area contributed by atoms with Gasteiger partial charge in [0.05, 0.1) is 6.54 Å². The molecular formula is C18H28N4O2. The highest BCUT2D eigenvalue weighted by atomic mass is 16.2. The molecule has 0 saturated carbocycles. The average molecular weight is 332 g/mol. The lowest BCUT2D eigenvalue weighted by Crippen LogP contribution is -2.51. The molecule has 2 amide bonds. The van der Waals surface area contributed by atoms with Crippen molar-refractivity contribution in [3.63, 3.8) is 0 Å². The van der Waals surface area contributed by atoms with E-state index in [2.05, 4.69) is 17.1 Å². The molecule has 2 rings (SSSR count). The molecule has 1 aromatic rings. The van der Waals surface area contributed by atoms with Crippen LogP contribution in [-0.4, -0.2) is 60.4 Å². The molecule has 1 saturated heterocycles. The standard InChI is InChI=1S/C18H28N4O2/c1-3-15-6-4-5-7-16(15)20-17(23)13-21-8-10-22(11-9-21)18(24)12-14(2)19/h4-7,14H,3,8-13,19H2,1-2H3,(H,20,23). The molecule has 1 aliphatic heterocycles. The fourth-order valence-corrected chi connectivity index (χ4v) is 2.90. The van der Waals surface area contributed by atoms with E-state index in [4.69, 9.17) is 5.73 Å². The fourth-order valence-electron chi connectivity index (χ4n) is 2.90. The Bertz CT molecular complexity index is 566. The zero-order valence-corrected chi connectivity index (χ0v) is 14.6. The van der Waals surface area contributed by atoms with Gasteiger partial charge in [0, 0.05) is 44.3 Å². The molecule has 0 spiro atoms. The van der Waals surface area contributed by atoms with Crippen molar-refractivity contribution in [2.24, 2.45) is 5.73 Å². The summed E-state index contributed by atoms with van der Waals surface area (Å²) in [6.45, 7) is 7.01. The van der Waals surface area contributed by atoms with Crippen molar-refractivity contribution < 1.29 is 9.59 Å². The lowest BCUT2D eigenvalue weighted by Gasteiger charge is -2.34. The summed E-state index contributed by atoms with van der Waals surface area (Å²) in [6.07, 6.45) is 1.27. The number of benzene rings is 1. The number of amides is 2. The highest BCUT2D eigenvalue weighted by Gasteiger charge is 2.22. The van der Waals surface area contributed by atoms with Crippen molar-refractivity contribution in [2.75, 3.05) is 38.0 Å². The molecule has 1 aromatic carbocycles. The first-order valence-corrected chi connectivity index (χ1v) is 8.63. The number of rotatable bonds is 6. The Kier molecular flexibility index (Phi) is 6.75. The molecule has 1 unspecified atom stereocenters. The van der Waals surface area contributed by atoms with Gasteiger partial charge in [-0.3, -0.25) is 14.5 Å². The number of hydrogen-bond donors (Lipinski definition) is 2. The number of para-hydroxylation sites is 1. The Morgan fingerprint density at radius 3 is 2.50 bits per heavy atom. The maximum absolute atomic E-state index is 12.3. The van der Waals surface area contributed by atoms with E-state index in [1.165, 1.54) is 0 Å². The molecule has 3 N–H and O–H groups in total. The third kappa shape index (κ3) is 5.32. The van der Waals surface area contributed by atoms with Crippen molar-refractivity contribution in [2.45, 2.75) is 32.7 Å². The predicted molar refractivity (Wildman–Crippen MR) is 95.7 cm³/mol. The smallest absolute Gasteiger partial charge is 0.238 e. The molecular weight excluding hydrogens is 304 g/mol. The number of piperazine rings is 1. The molecule has 0 aromatic heterocycles. The molecule has 6 nitrogen and oxygen atoms in total. The van der Waals surface area contributed by atoms with Gasteiger partial charge in [-0.15, -0.1) is 0 Å². The van der Waals surface area contributed by atoms with Crippen molar-refractivity contribution in [3.05, 3.63) is 29.8 Å². The average Bonchev–Trinajstić information content (AvgIpc) is 2.55. The Hall–Kier alpha value is -1.92. The van der Waals surface area contributed by atoms with Crippen molar-refractivity contribution in [1.82, 2.24) is 9.80 Å². The van der Waals surface area contributed by atoms with Gasteiger partial charge in [-0.25, -0.2) is 0 Å². The van der Waals surface area contributed by atoms with Gasteiger partial charge in [-0.1, -0.05) is 25.1 Å². The molecule has 6 heteroatoms. The topological polar surface area (TPSA) is 78.7 Å². The minimum Gasteiger partial charge on any atom is -0.340 e. The second-order valence-electron chi connectivity index (χ2n) is 6.40. The van der Waals surface area contributed by atoms with Crippen LogP contribution in [0.25, 0.3) is 0 Å². The summed E-state index contributed by atoms with van der Waals surface area (Å²) in [5.74, 6) is 0.0947. The maximum atomic E-state index is 12.3. The van der Waals surface area contributed by atoms with Gasteiger partial charge >= 0.3 is 0 Å². The first-order valence-electron chi connectivity index (χ1n) is 8.63. The van der Waals surface area contributed by atoms with E-state index in [0.29, 0.717) is 39.1 Å². The number of carbonyl (C=O) groups is 2. The van der Waals surface area contributed by atoms with Crippen molar-refractivity contribution in [1.29, 1.82) is 0 Å². The van der Waals surface area contributed by atoms with Crippen LogP contribution in [0, 0.1) is 0 Å². The van der Waals surface area contributed by atoms with Crippen LogP contribution >= 0.6 is 0 Å². The van der Waals surface area contributed by atoms with E-state index in [-0.39, 0.29) is 17.9 Å². The van der Waals surface area contributed by atoms with Gasteiger partial charge in [0.2, 0.25) is 11.8 Å². The van der Waals surface area contributed by atoms with E-state index >= 15 is 0 Å². The number of anilines is 1.